The van der Waals surface area contributed by atoms with Crippen LogP contribution in [0.4, 0.5) is 5.69 Å². The summed E-state index contributed by atoms with van der Waals surface area (Å²) in [6.07, 6.45) is 7.83. The Balaban J connectivity index is 1.72. The van der Waals surface area contributed by atoms with Crippen molar-refractivity contribution in [2.75, 3.05) is 31.1 Å². The Morgan fingerprint density at radius 2 is 2.00 bits per heavy atom. The average Bonchev–Trinajstić information content (AvgIpc) is 2.97. The lowest BCUT2D eigenvalue weighted by molar-refractivity contribution is 0.1000. The summed E-state index contributed by atoms with van der Waals surface area (Å²) < 4.78 is 0. The summed E-state index contributed by atoms with van der Waals surface area (Å²) in [5, 5.41) is 0. The van der Waals surface area contributed by atoms with Gasteiger partial charge < -0.3 is 15.5 Å². The molecule has 0 atom stereocenters. The lowest BCUT2D eigenvalue weighted by Crippen LogP contribution is -2.32. The van der Waals surface area contributed by atoms with E-state index in [9.17, 15) is 4.79 Å². The van der Waals surface area contributed by atoms with Crippen molar-refractivity contribution in [2.24, 2.45) is 5.73 Å². The van der Waals surface area contributed by atoms with Crippen LogP contribution in [-0.2, 0) is 6.42 Å². The molecule has 2 aliphatic rings. The first-order valence-corrected chi connectivity index (χ1v) is 7.32. The molecule has 106 valence electrons. The van der Waals surface area contributed by atoms with Crippen molar-refractivity contribution in [3.63, 3.8) is 0 Å². The van der Waals surface area contributed by atoms with Crippen LogP contribution in [0.3, 0.4) is 0 Å². The van der Waals surface area contributed by atoms with Crippen molar-refractivity contribution in [1.29, 1.82) is 0 Å². The van der Waals surface area contributed by atoms with E-state index in [0.29, 0.717) is 5.56 Å². The van der Waals surface area contributed by atoms with Gasteiger partial charge in [0.2, 0.25) is 5.91 Å². The third-order valence-electron chi connectivity index (χ3n) is 4.15. The van der Waals surface area contributed by atoms with Crippen molar-refractivity contribution in [3.8, 4) is 0 Å². The van der Waals surface area contributed by atoms with Crippen LogP contribution >= 0.6 is 0 Å². The van der Waals surface area contributed by atoms with E-state index in [-0.39, 0.29) is 5.91 Å². The molecule has 0 unspecified atom stereocenters. The molecule has 4 heteroatoms. The summed E-state index contributed by atoms with van der Waals surface area (Å²) in [7, 11) is 0. The van der Waals surface area contributed by atoms with Gasteiger partial charge in [0, 0.05) is 30.5 Å². The quantitative estimate of drug-likeness (QED) is 0.907. The number of nitrogens with zero attached hydrogens (tertiary/aromatic N) is 2. The van der Waals surface area contributed by atoms with Crippen molar-refractivity contribution in [2.45, 2.75) is 19.3 Å². The van der Waals surface area contributed by atoms with Crippen LogP contribution in [0.5, 0.6) is 0 Å². The molecule has 2 aliphatic heterocycles. The molecule has 1 amide bonds. The van der Waals surface area contributed by atoms with Crippen molar-refractivity contribution < 1.29 is 4.79 Å². The molecule has 0 saturated carbocycles. The number of rotatable bonds is 4. The number of hydrogen-bond acceptors (Lipinski definition) is 3. The second-order valence-corrected chi connectivity index (χ2v) is 5.54. The zero-order valence-electron chi connectivity index (χ0n) is 11.7. The van der Waals surface area contributed by atoms with Gasteiger partial charge in [0.05, 0.1) is 0 Å². The Labute approximate surface area is 119 Å². The molecule has 0 aromatic heterocycles. The van der Waals surface area contributed by atoms with E-state index in [0.717, 1.165) is 19.5 Å². The molecule has 1 aromatic carbocycles. The zero-order chi connectivity index (χ0) is 13.9. The van der Waals surface area contributed by atoms with E-state index >= 15 is 0 Å². The number of primary amides is 1. The minimum absolute atomic E-state index is 0.356. The van der Waals surface area contributed by atoms with Crippen LogP contribution in [0.25, 0.3) is 0 Å². The second-order valence-electron chi connectivity index (χ2n) is 5.54. The molecular formula is C16H21N3O. The molecule has 0 spiro atoms. The van der Waals surface area contributed by atoms with Gasteiger partial charge in [-0.3, -0.25) is 4.79 Å². The van der Waals surface area contributed by atoms with Crippen molar-refractivity contribution in [1.82, 2.24) is 4.90 Å². The molecule has 1 saturated heterocycles. The molecule has 0 aliphatic carbocycles. The Morgan fingerprint density at radius 3 is 2.75 bits per heavy atom. The number of anilines is 1. The largest absolute Gasteiger partial charge is 0.366 e. The predicted octanol–water partition coefficient (Wildman–Crippen LogP) is 1.76. The minimum Gasteiger partial charge on any atom is -0.366 e. The number of amides is 1. The predicted molar refractivity (Wildman–Crippen MR) is 80.8 cm³/mol. The standard InChI is InChI=1S/C16H21N3O/c17-16(20)14-5-6-15-13(12-14)4-3-9-19(15)11-10-18-7-1-2-8-18/h3,5-6,9,12H,1-2,4,7-8,10-11H2,(H2,17,20). The number of nitrogens with two attached hydrogens (primary N) is 1. The molecule has 2 N–H and O–H groups in total. The summed E-state index contributed by atoms with van der Waals surface area (Å²) in [6, 6.07) is 5.76. The smallest absolute Gasteiger partial charge is 0.248 e. The fraction of sp³-hybridized carbons (Fsp3) is 0.438. The molecule has 0 bridgehead atoms. The van der Waals surface area contributed by atoms with Crippen LogP contribution in [0.15, 0.2) is 30.5 Å². The van der Waals surface area contributed by atoms with Gasteiger partial charge in [-0.05, 0) is 56.1 Å². The summed E-state index contributed by atoms with van der Waals surface area (Å²) in [4.78, 5) is 16.0. The van der Waals surface area contributed by atoms with Gasteiger partial charge in [-0.25, -0.2) is 0 Å². The summed E-state index contributed by atoms with van der Waals surface area (Å²) in [5.41, 5.74) is 8.33. The number of carbonyl (C=O) groups is 1. The number of benzene rings is 1. The maximum atomic E-state index is 11.3. The molecule has 1 fully saturated rings. The van der Waals surface area contributed by atoms with Gasteiger partial charge in [-0.1, -0.05) is 6.08 Å². The Hall–Kier alpha value is -1.81. The maximum Gasteiger partial charge on any atom is 0.248 e. The van der Waals surface area contributed by atoms with E-state index in [2.05, 4.69) is 22.1 Å². The summed E-state index contributed by atoms with van der Waals surface area (Å²) in [6.45, 7) is 4.55. The molecule has 2 heterocycles. The van der Waals surface area contributed by atoms with Gasteiger partial charge in [-0.2, -0.15) is 0 Å². The highest BCUT2D eigenvalue weighted by Crippen LogP contribution is 2.26. The van der Waals surface area contributed by atoms with Gasteiger partial charge >= 0.3 is 0 Å². The van der Waals surface area contributed by atoms with Crippen LogP contribution in [-0.4, -0.2) is 37.0 Å². The molecular weight excluding hydrogens is 250 g/mol. The van der Waals surface area contributed by atoms with E-state index in [1.165, 1.54) is 37.2 Å². The van der Waals surface area contributed by atoms with Gasteiger partial charge in [0.25, 0.3) is 0 Å². The molecule has 20 heavy (non-hydrogen) atoms. The molecule has 1 aromatic rings. The highest BCUT2D eigenvalue weighted by atomic mass is 16.1. The fourth-order valence-electron chi connectivity index (χ4n) is 3.02. The number of likely N-dealkylation sites (tertiary alicyclic amines) is 1. The number of fused-ring (bicyclic) bond motifs is 1. The third-order valence-corrected chi connectivity index (χ3v) is 4.15. The lowest BCUT2D eigenvalue weighted by Gasteiger charge is -2.28. The van der Waals surface area contributed by atoms with E-state index < -0.39 is 0 Å². The van der Waals surface area contributed by atoms with Crippen molar-refractivity contribution >= 4 is 11.6 Å². The van der Waals surface area contributed by atoms with Crippen LogP contribution in [0.2, 0.25) is 0 Å². The van der Waals surface area contributed by atoms with E-state index in [4.69, 9.17) is 5.73 Å². The summed E-state index contributed by atoms with van der Waals surface area (Å²) >= 11 is 0. The normalized spacial score (nSPS) is 18.3. The molecule has 0 radical (unpaired) electrons. The Morgan fingerprint density at radius 1 is 1.20 bits per heavy atom. The molecule has 4 nitrogen and oxygen atoms in total. The average molecular weight is 271 g/mol. The Kier molecular flexibility index (Phi) is 3.74. The van der Waals surface area contributed by atoms with E-state index in [1.807, 2.05) is 18.2 Å². The SMILES string of the molecule is NC(=O)c1ccc2c(c1)CC=CN2CCN1CCCC1. The summed E-state index contributed by atoms with van der Waals surface area (Å²) in [5.74, 6) is -0.356. The van der Waals surface area contributed by atoms with Crippen LogP contribution in [0.1, 0.15) is 28.8 Å². The zero-order valence-corrected chi connectivity index (χ0v) is 11.7. The van der Waals surface area contributed by atoms with Gasteiger partial charge in [-0.15, -0.1) is 0 Å². The minimum atomic E-state index is -0.356. The highest BCUT2D eigenvalue weighted by Gasteiger charge is 2.17. The first-order chi connectivity index (χ1) is 9.74. The topological polar surface area (TPSA) is 49.6 Å². The fourth-order valence-corrected chi connectivity index (χ4v) is 3.02. The lowest BCUT2D eigenvalue weighted by atomic mass is 10.0. The van der Waals surface area contributed by atoms with Crippen LogP contribution in [0, 0.1) is 0 Å². The highest BCUT2D eigenvalue weighted by molar-refractivity contribution is 5.93. The van der Waals surface area contributed by atoms with E-state index in [1.54, 1.807) is 0 Å². The third kappa shape index (κ3) is 2.70. The Bertz CT molecular complexity index is 533. The maximum absolute atomic E-state index is 11.3. The number of carbonyl (C=O) groups excluding carboxylic acids is 1. The number of hydrogen-bond donors (Lipinski definition) is 1. The molecule has 3 rings (SSSR count). The second kappa shape index (κ2) is 5.67. The monoisotopic (exact) mass is 271 g/mol. The van der Waals surface area contributed by atoms with Crippen LogP contribution < -0.4 is 10.6 Å². The first-order valence-electron chi connectivity index (χ1n) is 7.32. The first kappa shape index (κ1) is 13.2. The number of allylic oxidation sites excluding steroid dienone is 1. The van der Waals surface area contributed by atoms with Gasteiger partial charge in [0.15, 0.2) is 0 Å². The van der Waals surface area contributed by atoms with Crippen molar-refractivity contribution in [3.05, 3.63) is 41.6 Å². The van der Waals surface area contributed by atoms with Gasteiger partial charge in [0.1, 0.15) is 0 Å².